The zero-order chi connectivity index (χ0) is 25.0. The number of aryl methyl sites for hydroxylation is 2. The second-order valence-corrected chi connectivity index (χ2v) is 10.5. The second kappa shape index (κ2) is 10.7. The molecular weight excluding hydrogens is 478 g/mol. The summed E-state index contributed by atoms with van der Waals surface area (Å²) in [4.78, 5) is 25.1. The molecule has 182 valence electrons. The smallest absolute Gasteiger partial charge is 0.336 e. The van der Waals surface area contributed by atoms with Gasteiger partial charge in [0, 0.05) is 17.5 Å². The van der Waals surface area contributed by atoms with E-state index in [2.05, 4.69) is 4.72 Å². The number of nitrogens with one attached hydrogen (secondary N) is 1. The van der Waals surface area contributed by atoms with Crippen LogP contribution in [0.3, 0.4) is 0 Å². The first kappa shape index (κ1) is 25.9. The van der Waals surface area contributed by atoms with Crippen molar-refractivity contribution in [2.24, 2.45) is 5.92 Å². The molecule has 0 radical (unpaired) electrons. The van der Waals surface area contributed by atoms with Crippen molar-refractivity contribution in [3.8, 4) is 5.75 Å². The Balaban J connectivity index is 1.93. The Kier molecular flexibility index (Phi) is 8.17. The molecule has 0 saturated heterocycles. The van der Waals surface area contributed by atoms with Gasteiger partial charge in [-0.2, -0.15) is 4.72 Å². The minimum Gasteiger partial charge on any atom is -0.424 e. The van der Waals surface area contributed by atoms with Gasteiger partial charge in [0.05, 0.1) is 9.92 Å². The van der Waals surface area contributed by atoms with Crippen LogP contribution in [0, 0.1) is 12.8 Å². The van der Waals surface area contributed by atoms with Crippen molar-refractivity contribution in [1.82, 2.24) is 4.72 Å². The van der Waals surface area contributed by atoms with Gasteiger partial charge >= 0.3 is 11.6 Å². The van der Waals surface area contributed by atoms with E-state index < -0.39 is 27.7 Å². The molecule has 3 aromatic rings. The van der Waals surface area contributed by atoms with Crippen LogP contribution in [0.1, 0.15) is 44.7 Å². The number of carbonyl (C=O) groups excluding carboxylic acids is 1. The third kappa shape index (κ3) is 5.87. The predicted molar refractivity (Wildman–Crippen MR) is 132 cm³/mol. The summed E-state index contributed by atoms with van der Waals surface area (Å²) in [5, 5.41) is 0.807. The molecule has 0 aliphatic heterocycles. The first-order valence-corrected chi connectivity index (χ1v) is 13.0. The number of hydrogen-bond donors (Lipinski definition) is 1. The van der Waals surface area contributed by atoms with E-state index in [9.17, 15) is 18.0 Å². The number of carbonyl (C=O) groups is 1. The van der Waals surface area contributed by atoms with Gasteiger partial charge < -0.3 is 9.15 Å². The molecule has 7 nitrogen and oxygen atoms in total. The lowest BCUT2D eigenvalue weighted by Gasteiger charge is -2.23. The van der Waals surface area contributed by atoms with E-state index in [-0.39, 0.29) is 27.2 Å². The fourth-order valence-electron chi connectivity index (χ4n) is 3.54. The number of halogens is 1. The largest absolute Gasteiger partial charge is 0.424 e. The molecule has 0 bridgehead atoms. The third-order valence-corrected chi connectivity index (χ3v) is 7.45. The van der Waals surface area contributed by atoms with Gasteiger partial charge in [-0.15, -0.1) is 0 Å². The van der Waals surface area contributed by atoms with Crippen LogP contribution >= 0.6 is 11.6 Å². The third-order valence-electron chi connectivity index (χ3n) is 5.69. The highest BCUT2D eigenvalue weighted by molar-refractivity contribution is 7.89. The van der Waals surface area contributed by atoms with Gasteiger partial charge in [0.15, 0.2) is 5.75 Å². The van der Waals surface area contributed by atoms with E-state index in [1.165, 1.54) is 24.3 Å². The highest BCUT2D eigenvalue weighted by Crippen LogP contribution is 2.32. The lowest BCUT2D eigenvalue weighted by atomic mass is 10.0. The van der Waals surface area contributed by atoms with Crippen molar-refractivity contribution in [3.63, 3.8) is 0 Å². The van der Waals surface area contributed by atoms with E-state index in [1.807, 2.05) is 20.8 Å². The molecule has 2 aromatic carbocycles. The summed E-state index contributed by atoms with van der Waals surface area (Å²) in [5.41, 5.74) is 1.43. The van der Waals surface area contributed by atoms with Crippen molar-refractivity contribution >= 4 is 38.6 Å². The van der Waals surface area contributed by atoms with Crippen LogP contribution in [0.5, 0.6) is 5.75 Å². The zero-order valence-electron chi connectivity index (χ0n) is 19.6. The number of benzene rings is 2. The van der Waals surface area contributed by atoms with Crippen LogP contribution in [0.25, 0.3) is 11.0 Å². The lowest BCUT2D eigenvalue weighted by molar-refractivity contribution is -0.137. The van der Waals surface area contributed by atoms with E-state index in [1.54, 1.807) is 25.1 Å². The number of esters is 1. The summed E-state index contributed by atoms with van der Waals surface area (Å²) in [6.45, 7) is 7.44. The molecule has 0 aliphatic carbocycles. The first-order valence-electron chi connectivity index (χ1n) is 11.1. The lowest BCUT2D eigenvalue weighted by Crippen LogP contribution is -2.46. The molecule has 0 spiro atoms. The van der Waals surface area contributed by atoms with Crippen LogP contribution in [0.4, 0.5) is 0 Å². The average molecular weight is 506 g/mol. The molecule has 2 atom stereocenters. The molecule has 1 aromatic heterocycles. The number of fused-ring (bicyclic) bond motifs is 1. The Morgan fingerprint density at radius 2 is 1.82 bits per heavy atom. The summed E-state index contributed by atoms with van der Waals surface area (Å²) in [5.74, 6) is -1.18. The minimum atomic E-state index is -3.97. The molecule has 9 heteroatoms. The molecule has 0 amide bonds. The fourth-order valence-corrected chi connectivity index (χ4v) is 5.03. The number of rotatable bonds is 9. The molecule has 0 aliphatic rings. The van der Waals surface area contributed by atoms with Crippen LogP contribution < -0.4 is 15.1 Å². The van der Waals surface area contributed by atoms with Crippen LogP contribution in [-0.2, 0) is 21.2 Å². The number of sulfonamides is 1. The maximum Gasteiger partial charge on any atom is 0.336 e. The normalized spacial score (nSPS) is 13.6. The summed E-state index contributed by atoms with van der Waals surface area (Å²) >= 11 is 6.39. The topological polar surface area (TPSA) is 103 Å². The van der Waals surface area contributed by atoms with Crippen LogP contribution in [0.2, 0.25) is 5.02 Å². The van der Waals surface area contributed by atoms with Crippen molar-refractivity contribution < 1.29 is 22.4 Å². The molecule has 1 N–H and O–H groups in total. The minimum absolute atomic E-state index is 0.0150. The van der Waals surface area contributed by atoms with Crippen molar-refractivity contribution in [2.45, 2.75) is 57.9 Å². The van der Waals surface area contributed by atoms with E-state index in [0.29, 0.717) is 18.2 Å². The Labute approximate surface area is 204 Å². The van der Waals surface area contributed by atoms with Gasteiger partial charge in [0.2, 0.25) is 10.0 Å². The van der Waals surface area contributed by atoms with Gasteiger partial charge in [-0.25, -0.2) is 18.0 Å². The molecule has 0 unspecified atom stereocenters. The van der Waals surface area contributed by atoms with Gasteiger partial charge in [0.25, 0.3) is 0 Å². The average Bonchev–Trinajstić information content (AvgIpc) is 2.78. The maximum atomic E-state index is 13.1. The predicted octanol–water partition coefficient (Wildman–Crippen LogP) is 5.01. The summed E-state index contributed by atoms with van der Waals surface area (Å²) in [6, 6.07) is 9.56. The maximum absolute atomic E-state index is 13.1. The van der Waals surface area contributed by atoms with Gasteiger partial charge in [-0.3, -0.25) is 0 Å². The van der Waals surface area contributed by atoms with Crippen molar-refractivity contribution in [1.29, 1.82) is 0 Å². The number of ether oxygens (including phenoxy) is 1. The monoisotopic (exact) mass is 505 g/mol. The van der Waals surface area contributed by atoms with Crippen molar-refractivity contribution in [3.05, 3.63) is 69.0 Å². The molecule has 34 heavy (non-hydrogen) atoms. The number of hydrogen-bond acceptors (Lipinski definition) is 6. The standard InChI is InChI=1S/C25H28ClNO6S/c1-5-7-17-12-23(28)32-21-14-22(20(26)13-19(17)21)33-25(29)24(16(4)6-2)27-34(30,31)18-10-8-15(3)9-11-18/h8-14,16,24,27H,5-7H2,1-4H3/t16-,24+/m1/s1. The van der Waals surface area contributed by atoms with Gasteiger partial charge in [-0.05, 0) is 43.0 Å². The molecule has 0 fully saturated rings. The first-order chi connectivity index (χ1) is 16.1. The van der Waals surface area contributed by atoms with E-state index >= 15 is 0 Å². The molecular formula is C25H28ClNO6S. The van der Waals surface area contributed by atoms with Gasteiger partial charge in [0.1, 0.15) is 11.6 Å². The Morgan fingerprint density at radius 1 is 1.15 bits per heavy atom. The summed E-state index contributed by atoms with van der Waals surface area (Å²) in [7, 11) is -3.97. The summed E-state index contributed by atoms with van der Waals surface area (Å²) < 4.78 is 39.1. The second-order valence-electron chi connectivity index (χ2n) is 8.34. The highest BCUT2D eigenvalue weighted by Gasteiger charge is 2.32. The quantitative estimate of drug-likeness (QED) is 0.249. The Bertz CT molecular complexity index is 1350. The molecule has 0 saturated carbocycles. The van der Waals surface area contributed by atoms with Gasteiger partial charge in [-0.1, -0.05) is 62.9 Å². The SMILES string of the molecule is CCCc1cc(=O)oc2cc(OC(=O)[C@@H](NS(=O)(=O)c3ccc(C)cc3)[C@H](C)CC)c(Cl)cc12. The zero-order valence-corrected chi connectivity index (χ0v) is 21.1. The van der Waals surface area contributed by atoms with E-state index in [4.69, 9.17) is 20.8 Å². The van der Waals surface area contributed by atoms with E-state index in [0.717, 1.165) is 17.5 Å². The van der Waals surface area contributed by atoms with Crippen LogP contribution in [0.15, 0.2) is 56.6 Å². The van der Waals surface area contributed by atoms with Crippen LogP contribution in [-0.4, -0.2) is 20.4 Å². The molecule has 3 rings (SSSR count). The Morgan fingerprint density at radius 3 is 2.44 bits per heavy atom. The summed E-state index contributed by atoms with van der Waals surface area (Å²) in [6.07, 6.45) is 2.01. The molecule has 1 heterocycles. The Hall–Kier alpha value is -2.68. The highest BCUT2D eigenvalue weighted by atomic mass is 35.5. The fraction of sp³-hybridized carbons (Fsp3) is 0.360. The van der Waals surface area contributed by atoms with Crippen molar-refractivity contribution in [2.75, 3.05) is 0 Å².